The minimum absolute atomic E-state index is 0.124. The van der Waals surface area contributed by atoms with Crippen molar-refractivity contribution >= 4 is 28.9 Å². The molecule has 0 saturated carbocycles. The molecule has 0 atom stereocenters. The Balaban J connectivity index is 0.000000320. The smallest absolute Gasteiger partial charge is 0.207 e. The van der Waals surface area contributed by atoms with E-state index in [1.54, 1.807) is 12.2 Å². The van der Waals surface area contributed by atoms with Gasteiger partial charge in [0.1, 0.15) is 23.9 Å². The Bertz CT molecular complexity index is 1220. The van der Waals surface area contributed by atoms with Crippen LogP contribution in [0.5, 0.6) is 5.75 Å². The highest BCUT2D eigenvalue weighted by Gasteiger charge is 2.12. The first-order valence-electron chi connectivity index (χ1n) is 11.2. The zero-order valence-corrected chi connectivity index (χ0v) is 20.0. The first kappa shape index (κ1) is 25.8. The number of hydrogen-bond acceptors (Lipinski definition) is 3. The molecule has 3 N–H and O–H groups in total. The van der Waals surface area contributed by atoms with Crippen LogP contribution < -0.4 is 10.1 Å². The molecule has 35 heavy (non-hydrogen) atoms. The Kier molecular flexibility index (Phi) is 9.75. The van der Waals surface area contributed by atoms with Crippen LogP contribution in [0.2, 0.25) is 5.02 Å². The summed E-state index contributed by atoms with van der Waals surface area (Å²) in [6.07, 6.45) is 9.94. The lowest BCUT2D eigenvalue weighted by Crippen LogP contribution is -2.15. The fraction of sp³-hybridized carbons (Fsp3) is 0.179. The number of H-pyrrole nitrogens is 1. The van der Waals surface area contributed by atoms with E-state index in [1.807, 2.05) is 30.3 Å². The minimum Gasteiger partial charge on any atom is -0.508 e. The molecule has 3 aromatic rings. The van der Waals surface area contributed by atoms with E-state index in [0.717, 1.165) is 41.6 Å². The number of aliphatic hydroxyl groups excluding tert-OH is 1. The summed E-state index contributed by atoms with van der Waals surface area (Å²) in [5, 5.41) is 13.3. The molecule has 0 aliphatic heterocycles. The molecule has 0 spiro atoms. The van der Waals surface area contributed by atoms with Crippen molar-refractivity contribution in [3.8, 4) is 5.75 Å². The number of halogens is 2. The maximum absolute atomic E-state index is 12.2. The second kappa shape index (κ2) is 13.2. The van der Waals surface area contributed by atoms with Gasteiger partial charge in [0.15, 0.2) is 0 Å². The number of aliphatic hydroxyl groups is 1. The highest BCUT2D eigenvalue weighted by atomic mass is 35.5. The number of fused-ring (bicyclic) bond motifs is 1. The van der Waals surface area contributed by atoms with Crippen LogP contribution >= 0.6 is 11.6 Å². The van der Waals surface area contributed by atoms with Crippen LogP contribution in [0.4, 0.5) is 4.39 Å². The number of ether oxygens (including phenoxy) is 1. The third kappa shape index (κ3) is 7.90. The summed E-state index contributed by atoms with van der Waals surface area (Å²) < 4.78 is 17.8. The number of amides is 1. The van der Waals surface area contributed by atoms with Crippen molar-refractivity contribution in [3.05, 3.63) is 113 Å². The van der Waals surface area contributed by atoms with Crippen LogP contribution in [0, 0.1) is 0 Å². The molecule has 2 aromatic carbocycles. The fourth-order valence-electron chi connectivity index (χ4n) is 3.62. The molecule has 7 heteroatoms. The number of carbonyl (C=O) groups is 1. The summed E-state index contributed by atoms with van der Waals surface area (Å²) in [4.78, 5) is 14.1. The second-order valence-electron chi connectivity index (χ2n) is 7.80. The van der Waals surface area contributed by atoms with Gasteiger partial charge in [-0.05, 0) is 78.6 Å². The van der Waals surface area contributed by atoms with E-state index in [9.17, 15) is 9.18 Å². The Morgan fingerprint density at radius 1 is 1.17 bits per heavy atom. The lowest BCUT2D eigenvalue weighted by molar-refractivity contribution is -0.109. The number of aromatic amines is 1. The van der Waals surface area contributed by atoms with Crippen molar-refractivity contribution in [3.63, 3.8) is 0 Å². The zero-order chi connectivity index (χ0) is 25.0. The van der Waals surface area contributed by atoms with Crippen molar-refractivity contribution in [2.75, 3.05) is 13.2 Å². The van der Waals surface area contributed by atoms with Gasteiger partial charge in [0.2, 0.25) is 6.41 Å². The van der Waals surface area contributed by atoms with Crippen molar-refractivity contribution in [1.82, 2.24) is 10.3 Å². The Labute approximate surface area is 209 Å². The van der Waals surface area contributed by atoms with Gasteiger partial charge in [-0.15, -0.1) is 0 Å². The van der Waals surface area contributed by atoms with Crippen molar-refractivity contribution in [1.29, 1.82) is 0 Å². The van der Waals surface area contributed by atoms with Crippen molar-refractivity contribution in [2.45, 2.75) is 19.3 Å². The summed E-state index contributed by atoms with van der Waals surface area (Å²) in [5.41, 5.74) is 4.55. The topological polar surface area (TPSA) is 74.3 Å². The predicted octanol–water partition coefficient (Wildman–Crippen LogP) is 6.51. The average Bonchev–Trinajstić information content (AvgIpc) is 3.06. The lowest BCUT2D eigenvalue weighted by Gasteiger charge is -2.07. The van der Waals surface area contributed by atoms with Crippen LogP contribution in [0.25, 0.3) is 10.9 Å². The van der Waals surface area contributed by atoms with Crippen LogP contribution in [0.1, 0.15) is 23.2 Å². The van der Waals surface area contributed by atoms with Crippen LogP contribution in [-0.2, 0) is 17.6 Å². The molecule has 0 fully saturated rings. The molecular formula is C28H28ClFN2O3. The molecule has 0 saturated heterocycles. The molecule has 1 amide bonds. The Hall–Kier alpha value is -3.77. The molecule has 1 aliphatic carbocycles. The Morgan fingerprint density at radius 2 is 1.97 bits per heavy atom. The van der Waals surface area contributed by atoms with E-state index in [-0.39, 0.29) is 11.6 Å². The van der Waals surface area contributed by atoms with Gasteiger partial charge >= 0.3 is 0 Å². The fourth-order valence-corrected chi connectivity index (χ4v) is 3.80. The standard InChI is InChI=1S/C21H21ClN2O2.C7H7FO/c1-2-11-26-17-6-3-15(4-7-17)12-21-18(9-10-23-14-25)19-13-16(22)5-8-20(19)24-21;8-6-2-1-3-7(9)5-4-6/h2-8,13-14,24H,1,9-12H2,(H,23,25);2-5,9H,1H2. The molecule has 1 aliphatic rings. The van der Waals surface area contributed by atoms with Gasteiger partial charge in [0.25, 0.3) is 0 Å². The molecule has 1 aromatic heterocycles. The highest BCUT2D eigenvalue weighted by molar-refractivity contribution is 6.31. The SMILES string of the molecule is C=CCOc1ccc(Cc2[nH]c3ccc(Cl)cc3c2CCNC=O)cc1.OC1=CCC=C(F)C=C1. The van der Waals surface area contributed by atoms with Crippen LogP contribution in [0.3, 0.4) is 0 Å². The van der Waals surface area contributed by atoms with Gasteiger partial charge in [-0.1, -0.05) is 36.4 Å². The largest absolute Gasteiger partial charge is 0.508 e. The summed E-state index contributed by atoms with van der Waals surface area (Å²) in [7, 11) is 0. The number of aromatic nitrogens is 1. The minimum atomic E-state index is -0.296. The summed E-state index contributed by atoms with van der Waals surface area (Å²) in [6, 6.07) is 13.9. The molecule has 0 bridgehead atoms. The molecular weight excluding hydrogens is 467 g/mol. The maximum Gasteiger partial charge on any atom is 0.207 e. The number of benzene rings is 2. The van der Waals surface area contributed by atoms with E-state index in [1.165, 1.54) is 29.4 Å². The van der Waals surface area contributed by atoms with Gasteiger partial charge in [-0.2, -0.15) is 0 Å². The molecule has 0 unspecified atom stereocenters. The average molecular weight is 495 g/mol. The van der Waals surface area contributed by atoms with E-state index < -0.39 is 0 Å². The Morgan fingerprint density at radius 3 is 2.71 bits per heavy atom. The number of nitrogens with one attached hydrogen (secondary N) is 2. The first-order chi connectivity index (χ1) is 17.0. The van der Waals surface area contributed by atoms with E-state index >= 15 is 0 Å². The molecule has 1 heterocycles. The zero-order valence-electron chi connectivity index (χ0n) is 19.3. The van der Waals surface area contributed by atoms with Gasteiger partial charge in [0.05, 0.1) is 0 Å². The summed E-state index contributed by atoms with van der Waals surface area (Å²) in [5.74, 6) is 0.654. The van der Waals surface area contributed by atoms with Gasteiger partial charge in [0, 0.05) is 34.6 Å². The van der Waals surface area contributed by atoms with Crippen molar-refractivity contribution < 1.29 is 19.0 Å². The van der Waals surface area contributed by atoms with Crippen molar-refractivity contribution in [2.24, 2.45) is 0 Å². The summed E-state index contributed by atoms with van der Waals surface area (Å²) in [6.45, 7) is 4.73. The third-order valence-electron chi connectivity index (χ3n) is 5.28. The molecule has 0 radical (unpaired) electrons. The number of hydrogen-bond donors (Lipinski definition) is 3. The van der Waals surface area contributed by atoms with E-state index in [4.69, 9.17) is 21.4 Å². The third-order valence-corrected chi connectivity index (χ3v) is 5.52. The van der Waals surface area contributed by atoms with Crippen LogP contribution in [0.15, 0.2) is 91.0 Å². The van der Waals surface area contributed by atoms with Gasteiger partial charge in [-0.25, -0.2) is 4.39 Å². The number of carbonyl (C=O) groups excluding carboxylic acids is 1. The van der Waals surface area contributed by atoms with Gasteiger partial charge in [-0.3, -0.25) is 4.79 Å². The first-order valence-corrected chi connectivity index (χ1v) is 11.6. The maximum atomic E-state index is 12.2. The number of rotatable bonds is 9. The highest BCUT2D eigenvalue weighted by Crippen LogP contribution is 2.28. The second-order valence-corrected chi connectivity index (χ2v) is 8.24. The quantitative estimate of drug-likeness (QED) is 0.180. The van der Waals surface area contributed by atoms with Crippen LogP contribution in [-0.4, -0.2) is 29.7 Å². The molecule has 4 rings (SSSR count). The summed E-state index contributed by atoms with van der Waals surface area (Å²) >= 11 is 6.17. The van der Waals surface area contributed by atoms with E-state index in [2.05, 4.69) is 29.0 Å². The monoisotopic (exact) mass is 494 g/mol. The predicted molar refractivity (Wildman–Crippen MR) is 140 cm³/mol. The normalized spacial score (nSPS) is 12.6. The number of allylic oxidation sites excluding steroid dienone is 5. The molecule has 182 valence electrons. The lowest BCUT2D eigenvalue weighted by atomic mass is 10.0. The van der Waals surface area contributed by atoms with Gasteiger partial charge < -0.3 is 20.1 Å². The van der Waals surface area contributed by atoms with E-state index in [0.29, 0.717) is 24.6 Å². The molecule has 5 nitrogen and oxygen atoms in total.